The zero-order valence-corrected chi connectivity index (χ0v) is 18.8. The molecule has 0 fully saturated rings. The van der Waals surface area contributed by atoms with Gasteiger partial charge in [-0.15, -0.1) is 6.58 Å². The van der Waals surface area contributed by atoms with E-state index in [0.29, 0.717) is 34.6 Å². The van der Waals surface area contributed by atoms with Crippen molar-refractivity contribution in [3.8, 4) is 17.6 Å². The van der Waals surface area contributed by atoms with E-state index in [0.717, 1.165) is 5.56 Å². The van der Waals surface area contributed by atoms with Crippen molar-refractivity contribution in [2.75, 3.05) is 7.11 Å². The van der Waals surface area contributed by atoms with E-state index in [9.17, 15) is 25.5 Å². The number of nitrogens with zero attached hydrogens (tertiary/aromatic N) is 3. The molecule has 0 atom stereocenters. The van der Waals surface area contributed by atoms with Gasteiger partial charge in [0.05, 0.1) is 28.6 Å². The minimum absolute atomic E-state index is 0.0324. The van der Waals surface area contributed by atoms with Gasteiger partial charge in [0.15, 0.2) is 11.5 Å². The Balaban J connectivity index is 1.98. The second-order valence-corrected chi connectivity index (χ2v) is 7.40. The van der Waals surface area contributed by atoms with Crippen molar-refractivity contribution in [2.45, 2.75) is 13.0 Å². The first-order valence-electron chi connectivity index (χ1n) is 10.4. The molecule has 0 unspecified atom stereocenters. The highest BCUT2D eigenvalue weighted by Gasteiger charge is 2.15. The minimum Gasteiger partial charge on any atom is -0.493 e. The van der Waals surface area contributed by atoms with Gasteiger partial charge < -0.3 is 9.47 Å². The van der Waals surface area contributed by atoms with Crippen LogP contribution in [0.15, 0.2) is 73.3 Å². The monoisotopic (exact) mass is 471 g/mol. The third-order valence-corrected chi connectivity index (χ3v) is 5.04. The molecule has 176 valence electrons. The van der Waals surface area contributed by atoms with Crippen LogP contribution in [0.1, 0.15) is 22.3 Å². The molecule has 3 rings (SSSR count). The number of rotatable bonds is 10. The van der Waals surface area contributed by atoms with Crippen LogP contribution >= 0.6 is 0 Å². The molecule has 9 nitrogen and oxygen atoms in total. The summed E-state index contributed by atoms with van der Waals surface area (Å²) in [5.74, 6) is 0.849. The highest BCUT2D eigenvalue weighted by Crippen LogP contribution is 2.36. The van der Waals surface area contributed by atoms with Gasteiger partial charge in [-0.2, -0.15) is 5.26 Å². The van der Waals surface area contributed by atoms with Gasteiger partial charge >= 0.3 is 0 Å². The van der Waals surface area contributed by atoms with E-state index in [-0.39, 0.29) is 23.6 Å². The molecule has 0 amide bonds. The van der Waals surface area contributed by atoms with E-state index in [1.807, 2.05) is 6.07 Å². The Morgan fingerprint density at radius 3 is 2.37 bits per heavy atom. The number of allylic oxidation sites excluding steroid dienone is 2. The largest absolute Gasteiger partial charge is 0.493 e. The summed E-state index contributed by atoms with van der Waals surface area (Å²) in [7, 11) is 1.48. The fourth-order valence-corrected chi connectivity index (χ4v) is 3.44. The molecular formula is C26H21N3O6. The van der Waals surface area contributed by atoms with Gasteiger partial charge in [0.2, 0.25) is 0 Å². The molecule has 0 N–H and O–H groups in total. The Bertz CT molecular complexity index is 1360. The quantitative estimate of drug-likeness (QED) is 0.119. The molecule has 35 heavy (non-hydrogen) atoms. The van der Waals surface area contributed by atoms with Gasteiger partial charge in [-0.1, -0.05) is 30.3 Å². The Labute approximate surface area is 201 Å². The number of methoxy groups -OCH3 is 1. The van der Waals surface area contributed by atoms with Crippen LogP contribution in [0.5, 0.6) is 11.5 Å². The lowest BCUT2D eigenvalue weighted by Gasteiger charge is -2.16. The molecule has 0 saturated carbocycles. The lowest BCUT2D eigenvalue weighted by atomic mass is 10.0. The molecule has 9 heteroatoms. The number of hydrogen-bond donors (Lipinski definition) is 0. The van der Waals surface area contributed by atoms with E-state index in [1.165, 1.54) is 37.4 Å². The van der Waals surface area contributed by atoms with E-state index in [2.05, 4.69) is 12.6 Å². The van der Waals surface area contributed by atoms with Gasteiger partial charge in [0.25, 0.3) is 11.4 Å². The maximum Gasteiger partial charge on any atom is 0.270 e. The lowest BCUT2D eigenvalue weighted by Crippen LogP contribution is -2.02. The van der Waals surface area contributed by atoms with Gasteiger partial charge in [-0.25, -0.2) is 0 Å². The van der Waals surface area contributed by atoms with E-state index in [1.54, 1.807) is 36.4 Å². The van der Waals surface area contributed by atoms with Gasteiger partial charge in [0.1, 0.15) is 6.61 Å². The summed E-state index contributed by atoms with van der Waals surface area (Å²) >= 11 is 0. The Hall–Kier alpha value is -4.97. The first kappa shape index (κ1) is 24.7. The number of nitro benzene ring substituents is 2. The number of nitriles is 1. The first-order valence-corrected chi connectivity index (χ1v) is 10.4. The van der Waals surface area contributed by atoms with Crippen LogP contribution in [0.25, 0.3) is 11.6 Å². The zero-order valence-electron chi connectivity index (χ0n) is 18.8. The molecule has 0 radical (unpaired) electrons. The molecule has 0 spiro atoms. The van der Waals surface area contributed by atoms with Crippen molar-refractivity contribution < 1.29 is 19.3 Å². The molecule has 3 aromatic carbocycles. The third kappa shape index (κ3) is 6.09. The van der Waals surface area contributed by atoms with Gasteiger partial charge in [-0.3, -0.25) is 20.2 Å². The van der Waals surface area contributed by atoms with Crippen molar-refractivity contribution in [2.24, 2.45) is 0 Å². The maximum absolute atomic E-state index is 11.1. The van der Waals surface area contributed by atoms with Gasteiger partial charge in [-0.05, 0) is 41.3 Å². The topological polar surface area (TPSA) is 129 Å². The van der Waals surface area contributed by atoms with Crippen molar-refractivity contribution >= 4 is 23.0 Å². The Morgan fingerprint density at radius 1 is 1.06 bits per heavy atom. The number of ether oxygens (including phenoxy) is 2. The van der Waals surface area contributed by atoms with E-state index >= 15 is 0 Å². The molecule has 0 bridgehead atoms. The van der Waals surface area contributed by atoms with Crippen LogP contribution in [-0.2, 0) is 13.0 Å². The van der Waals surface area contributed by atoms with Crippen LogP contribution in [-0.4, -0.2) is 17.0 Å². The summed E-state index contributed by atoms with van der Waals surface area (Å²) in [5.41, 5.74) is 2.49. The molecule has 0 saturated heterocycles. The minimum atomic E-state index is -0.517. The Kier molecular flexibility index (Phi) is 7.93. The van der Waals surface area contributed by atoms with Crippen LogP contribution in [0.3, 0.4) is 0 Å². The SMILES string of the molecule is C=CCc1cc(/C=C(/C#N)c2cccc([N+](=O)[O-])c2)cc(OC)c1OCc1cccc([N+](=O)[O-])c1. The first-order chi connectivity index (χ1) is 16.9. The molecule has 0 aliphatic carbocycles. The number of non-ortho nitro benzene ring substituents is 2. The van der Waals surface area contributed by atoms with Crippen molar-refractivity contribution in [1.29, 1.82) is 5.26 Å². The third-order valence-electron chi connectivity index (χ3n) is 5.04. The fraction of sp³-hybridized carbons (Fsp3) is 0.115. The van der Waals surface area contributed by atoms with Gasteiger partial charge in [0, 0.05) is 29.8 Å². The molecular weight excluding hydrogens is 450 g/mol. The fourth-order valence-electron chi connectivity index (χ4n) is 3.44. The molecule has 0 aliphatic rings. The van der Waals surface area contributed by atoms with Crippen LogP contribution in [0.4, 0.5) is 11.4 Å². The number of nitro groups is 2. The normalized spacial score (nSPS) is 10.8. The number of benzene rings is 3. The average Bonchev–Trinajstić information content (AvgIpc) is 2.86. The standard InChI is InChI=1S/C26H21N3O6/c1-3-6-21-11-19(12-22(16-27)20-8-5-10-24(15-20)29(32)33)14-25(34-2)26(21)35-17-18-7-4-9-23(13-18)28(30)31/h3-5,7-15H,1,6,17H2,2H3/b22-12-. The number of hydrogen-bond acceptors (Lipinski definition) is 7. The van der Waals surface area contributed by atoms with Crippen molar-refractivity contribution in [1.82, 2.24) is 0 Å². The van der Waals surface area contributed by atoms with Crippen LogP contribution < -0.4 is 9.47 Å². The summed E-state index contributed by atoms with van der Waals surface area (Å²) < 4.78 is 11.5. The summed E-state index contributed by atoms with van der Waals surface area (Å²) in [6.45, 7) is 3.86. The summed E-state index contributed by atoms with van der Waals surface area (Å²) in [4.78, 5) is 21.2. The predicted molar refractivity (Wildman–Crippen MR) is 131 cm³/mol. The lowest BCUT2D eigenvalue weighted by molar-refractivity contribution is -0.385. The highest BCUT2D eigenvalue weighted by molar-refractivity contribution is 5.90. The van der Waals surface area contributed by atoms with Crippen molar-refractivity contribution in [3.05, 3.63) is 116 Å². The van der Waals surface area contributed by atoms with E-state index < -0.39 is 9.85 Å². The molecule has 3 aromatic rings. The second-order valence-electron chi connectivity index (χ2n) is 7.40. The second kappa shape index (κ2) is 11.2. The average molecular weight is 471 g/mol. The molecule has 0 aromatic heterocycles. The zero-order chi connectivity index (χ0) is 25.4. The smallest absolute Gasteiger partial charge is 0.270 e. The van der Waals surface area contributed by atoms with Crippen LogP contribution in [0, 0.1) is 31.6 Å². The predicted octanol–water partition coefficient (Wildman–Crippen LogP) is 5.88. The summed E-state index contributed by atoms with van der Waals surface area (Å²) in [6, 6.07) is 17.6. The van der Waals surface area contributed by atoms with E-state index in [4.69, 9.17) is 9.47 Å². The highest BCUT2D eigenvalue weighted by atomic mass is 16.6. The Morgan fingerprint density at radius 2 is 1.74 bits per heavy atom. The molecule has 0 aliphatic heterocycles. The summed E-state index contributed by atoms with van der Waals surface area (Å²) in [6.07, 6.45) is 3.73. The van der Waals surface area contributed by atoms with Crippen LogP contribution in [0.2, 0.25) is 0 Å². The maximum atomic E-state index is 11.1. The summed E-state index contributed by atoms with van der Waals surface area (Å²) in [5, 5.41) is 31.8. The van der Waals surface area contributed by atoms with Crippen molar-refractivity contribution in [3.63, 3.8) is 0 Å². The molecule has 0 heterocycles.